The Bertz CT molecular complexity index is 922. The maximum absolute atomic E-state index is 12.5. The first-order valence-electron chi connectivity index (χ1n) is 7.94. The molecule has 0 radical (unpaired) electrons. The first-order valence-corrected chi connectivity index (χ1v) is 8.76. The zero-order valence-corrected chi connectivity index (χ0v) is 14.4. The molecule has 0 saturated heterocycles. The van der Waals surface area contributed by atoms with Crippen LogP contribution < -0.4 is 14.8 Å². The third-order valence-electron chi connectivity index (χ3n) is 3.87. The average Bonchev–Trinajstić information content (AvgIpc) is 3.02. The van der Waals surface area contributed by atoms with E-state index in [-0.39, 0.29) is 5.91 Å². The van der Waals surface area contributed by atoms with Crippen molar-refractivity contribution < 1.29 is 14.3 Å². The number of carbonyl (C=O) groups is 1. The zero-order chi connectivity index (χ0) is 17.2. The predicted molar refractivity (Wildman–Crippen MR) is 97.7 cm³/mol. The van der Waals surface area contributed by atoms with Gasteiger partial charge < -0.3 is 9.47 Å². The van der Waals surface area contributed by atoms with E-state index < -0.39 is 0 Å². The van der Waals surface area contributed by atoms with Gasteiger partial charge in [-0.3, -0.25) is 10.1 Å². The van der Waals surface area contributed by atoms with Gasteiger partial charge in [0.05, 0.1) is 5.69 Å². The molecule has 0 bridgehead atoms. The van der Waals surface area contributed by atoms with Crippen LogP contribution in [0.25, 0.3) is 11.3 Å². The van der Waals surface area contributed by atoms with Crippen molar-refractivity contribution in [1.29, 1.82) is 0 Å². The minimum absolute atomic E-state index is 0.217. The fourth-order valence-corrected chi connectivity index (χ4v) is 3.50. The number of aromatic nitrogens is 1. The second kappa shape index (κ2) is 6.57. The van der Waals surface area contributed by atoms with Gasteiger partial charge in [0.1, 0.15) is 13.2 Å². The van der Waals surface area contributed by atoms with E-state index >= 15 is 0 Å². The lowest BCUT2D eigenvalue weighted by molar-refractivity contribution is 0.102. The third kappa shape index (κ3) is 3.21. The van der Waals surface area contributed by atoms with Crippen molar-refractivity contribution in [3.63, 3.8) is 0 Å². The van der Waals surface area contributed by atoms with Gasteiger partial charge in [-0.05, 0) is 25.1 Å². The van der Waals surface area contributed by atoms with Gasteiger partial charge in [-0.1, -0.05) is 30.3 Å². The summed E-state index contributed by atoms with van der Waals surface area (Å²) in [7, 11) is 0. The number of benzene rings is 2. The molecule has 0 saturated carbocycles. The Hall–Kier alpha value is -2.86. The van der Waals surface area contributed by atoms with Crippen LogP contribution in [-0.4, -0.2) is 24.1 Å². The van der Waals surface area contributed by atoms with Crippen LogP contribution in [0.15, 0.2) is 48.5 Å². The molecular formula is C19H16N2O3S. The quantitative estimate of drug-likeness (QED) is 0.769. The largest absolute Gasteiger partial charge is 0.486 e. The highest BCUT2D eigenvalue weighted by Gasteiger charge is 2.17. The van der Waals surface area contributed by atoms with Crippen molar-refractivity contribution >= 4 is 22.4 Å². The molecule has 0 spiro atoms. The molecule has 1 aliphatic rings. The second-order valence-corrected chi connectivity index (χ2v) is 6.81. The SMILES string of the molecule is Cc1sc(NC(=O)c2ccc3c(c2)OCCO3)nc1-c1ccccc1. The van der Waals surface area contributed by atoms with E-state index in [1.807, 2.05) is 37.3 Å². The Morgan fingerprint density at radius 1 is 1.08 bits per heavy atom. The highest BCUT2D eigenvalue weighted by molar-refractivity contribution is 7.16. The summed E-state index contributed by atoms with van der Waals surface area (Å²) < 4.78 is 11.0. The third-order valence-corrected chi connectivity index (χ3v) is 4.75. The average molecular weight is 352 g/mol. The lowest BCUT2D eigenvalue weighted by atomic mass is 10.1. The molecule has 0 unspecified atom stereocenters. The molecule has 1 amide bonds. The first-order chi connectivity index (χ1) is 12.2. The summed E-state index contributed by atoms with van der Waals surface area (Å²) in [5, 5.41) is 3.45. The van der Waals surface area contributed by atoms with Crippen molar-refractivity contribution in [3.8, 4) is 22.8 Å². The molecule has 0 fully saturated rings. The Morgan fingerprint density at radius 2 is 1.84 bits per heavy atom. The number of nitrogens with zero attached hydrogens (tertiary/aromatic N) is 1. The van der Waals surface area contributed by atoms with Crippen LogP contribution in [0, 0.1) is 6.92 Å². The van der Waals surface area contributed by atoms with Gasteiger partial charge in [-0.2, -0.15) is 0 Å². The Balaban J connectivity index is 1.55. The van der Waals surface area contributed by atoms with Gasteiger partial charge >= 0.3 is 0 Å². The van der Waals surface area contributed by atoms with Gasteiger partial charge in [0.25, 0.3) is 5.91 Å². The number of nitrogens with one attached hydrogen (secondary N) is 1. The summed E-state index contributed by atoms with van der Waals surface area (Å²) in [6.07, 6.45) is 0. The van der Waals surface area contributed by atoms with Crippen LogP contribution >= 0.6 is 11.3 Å². The summed E-state index contributed by atoms with van der Waals surface area (Å²) in [6.45, 7) is 3.02. The topological polar surface area (TPSA) is 60.5 Å². The number of amides is 1. The van der Waals surface area contributed by atoms with E-state index in [4.69, 9.17) is 9.47 Å². The van der Waals surface area contributed by atoms with Gasteiger partial charge in [0.15, 0.2) is 16.6 Å². The molecule has 25 heavy (non-hydrogen) atoms. The van der Waals surface area contributed by atoms with Crippen LogP contribution in [0.2, 0.25) is 0 Å². The van der Waals surface area contributed by atoms with Crippen molar-refractivity contribution in [2.75, 3.05) is 18.5 Å². The second-order valence-electron chi connectivity index (χ2n) is 5.60. The molecule has 0 atom stereocenters. The molecule has 3 aromatic rings. The van der Waals surface area contributed by atoms with E-state index in [9.17, 15) is 4.79 Å². The van der Waals surface area contributed by atoms with E-state index in [0.29, 0.717) is 35.4 Å². The maximum atomic E-state index is 12.5. The Kier molecular flexibility index (Phi) is 4.11. The highest BCUT2D eigenvalue weighted by atomic mass is 32.1. The summed E-state index contributed by atoms with van der Waals surface area (Å²) >= 11 is 1.46. The van der Waals surface area contributed by atoms with E-state index in [1.165, 1.54) is 11.3 Å². The minimum atomic E-state index is -0.217. The molecule has 2 heterocycles. The number of hydrogen-bond donors (Lipinski definition) is 1. The van der Waals surface area contributed by atoms with Gasteiger partial charge in [-0.15, -0.1) is 11.3 Å². The number of rotatable bonds is 3. The smallest absolute Gasteiger partial charge is 0.257 e. The molecule has 1 N–H and O–H groups in total. The van der Waals surface area contributed by atoms with Crippen LogP contribution in [0.1, 0.15) is 15.2 Å². The van der Waals surface area contributed by atoms with E-state index in [2.05, 4.69) is 10.3 Å². The predicted octanol–water partition coefficient (Wildman–Crippen LogP) is 4.14. The molecule has 126 valence electrons. The van der Waals surface area contributed by atoms with Crippen molar-refractivity contribution in [2.24, 2.45) is 0 Å². The number of carbonyl (C=O) groups excluding carboxylic acids is 1. The summed E-state index contributed by atoms with van der Waals surface area (Å²) in [5.41, 5.74) is 2.44. The zero-order valence-electron chi connectivity index (χ0n) is 13.6. The van der Waals surface area contributed by atoms with E-state index in [1.54, 1.807) is 18.2 Å². The van der Waals surface area contributed by atoms with Crippen molar-refractivity contribution in [1.82, 2.24) is 4.98 Å². The molecule has 4 rings (SSSR count). The fourth-order valence-electron chi connectivity index (χ4n) is 2.67. The first kappa shape index (κ1) is 15.7. The number of thiazole rings is 1. The molecule has 0 aliphatic carbocycles. The number of aryl methyl sites for hydroxylation is 1. The van der Waals surface area contributed by atoms with Crippen LogP contribution in [0.4, 0.5) is 5.13 Å². The van der Waals surface area contributed by atoms with E-state index in [0.717, 1.165) is 16.1 Å². The normalized spacial score (nSPS) is 12.7. The van der Waals surface area contributed by atoms with Crippen LogP contribution in [-0.2, 0) is 0 Å². The molecule has 6 heteroatoms. The molecule has 1 aliphatic heterocycles. The Labute approximate surface area is 149 Å². The van der Waals surface area contributed by atoms with Crippen LogP contribution in [0.5, 0.6) is 11.5 Å². The lowest BCUT2D eigenvalue weighted by Gasteiger charge is -2.18. The van der Waals surface area contributed by atoms with Gasteiger partial charge in [0, 0.05) is 16.0 Å². The molecule has 5 nitrogen and oxygen atoms in total. The van der Waals surface area contributed by atoms with Gasteiger partial charge in [-0.25, -0.2) is 4.98 Å². The lowest BCUT2D eigenvalue weighted by Crippen LogP contribution is -2.17. The standard InChI is InChI=1S/C19H16N2O3S/c1-12-17(13-5-3-2-4-6-13)20-19(25-12)21-18(22)14-7-8-15-16(11-14)24-10-9-23-15/h2-8,11H,9-10H2,1H3,(H,20,21,22). The fraction of sp³-hybridized carbons (Fsp3) is 0.158. The summed E-state index contributed by atoms with van der Waals surface area (Å²) in [6, 6.07) is 15.1. The molecular weight excluding hydrogens is 336 g/mol. The summed E-state index contributed by atoms with van der Waals surface area (Å²) in [4.78, 5) is 18.1. The van der Waals surface area contributed by atoms with Gasteiger partial charge in [0.2, 0.25) is 0 Å². The monoisotopic (exact) mass is 352 g/mol. The highest BCUT2D eigenvalue weighted by Crippen LogP contribution is 2.32. The van der Waals surface area contributed by atoms with Crippen molar-refractivity contribution in [2.45, 2.75) is 6.92 Å². The number of ether oxygens (including phenoxy) is 2. The number of hydrogen-bond acceptors (Lipinski definition) is 5. The number of fused-ring (bicyclic) bond motifs is 1. The number of anilines is 1. The minimum Gasteiger partial charge on any atom is -0.486 e. The van der Waals surface area contributed by atoms with Crippen molar-refractivity contribution in [3.05, 3.63) is 59.0 Å². The van der Waals surface area contributed by atoms with Crippen LogP contribution in [0.3, 0.4) is 0 Å². The maximum Gasteiger partial charge on any atom is 0.257 e. The molecule has 2 aromatic carbocycles. The summed E-state index contributed by atoms with van der Waals surface area (Å²) in [5.74, 6) is 1.05. The molecule has 1 aromatic heterocycles. The Morgan fingerprint density at radius 3 is 2.64 bits per heavy atom.